The third kappa shape index (κ3) is 14.9. The number of ether oxygens (including phenoxy) is 3. The normalized spacial score (nSPS) is 22.7. The fourth-order valence-electron chi connectivity index (χ4n) is 5.38. The molecule has 0 bridgehead atoms. The fourth-order valence-corrected chi connectivity index (χ4v) is 5.38. The van der Waals surface area contributed by atoms with Gasteiger partial charge in [0.1, 0.15) is 22.8 Å². The Morgan fingerprint density at radius 3 is 1.53 bits per heavy atom. The van der Waals surface area contributed by atoms with Gasteiger partial charge in [-0.3, -0.25) is 19.4 Å². The minimum Gasteiger partial charge on any atom is -0.480 e. The molecule has 0 aliphatic carbocycles. The van der Waals surface area contributed by atoms with E-state index in [1.54, 1.807) is 20.8 Å². The van der Waals surface area contributed by atoms with Gasteiger partial charge in [0.25, 0.3) is 0 Å². The molecule has 11 heteroatoms. The monoisotopic (exact) mass is 640 g/mol. The first kappa shape index (κ1) is 40.2. The number of esters is 1. The van der Waals surface area contributed by atoms with Crippen LogP contribution in [-0.4, -0.2) is 86.8 Å². The van der Waals surface area contributed by atoms with E-state index in [2.05, 4.69) is 6.92 Å². The second-order valence-corrected chi connectivity index (χ2v) is 15.7. The summed E-state index contributed by atoms with van der Waals surface area (Å²) in [5.41, 5.74) is -1.80. The molecule has 1 N–H and O–H groups in total. The number of Topliss-reactive ketones (excluding diaryl/α,β-unsaturated/α-hetero) is 1. The van der Waals surface area contributed by atoms with Crippen molar-refractivity contribution in [2.24, 2.45) is 17.8 Å². The van der Waals surface area contributed by atoms with E-state index < -0.39 is 53.0 Å². The second kappa shape index (κ2) is 16.6. The van der Waals surface area contributed by atoms with Crippen molar-refractivity contribution in [3.05, 3.63) is 0 Å². The van der Waals surface area contributed by atoms with Gasteiger partial charge in [-0.2, -0.15) is 0 Å². The molecule has 11 nitrogen and oxygen atoms in total. The molecule has 2 fully saturated rings. The molecule has 0 saturated carbocycles. The molecule has 45 heavy (non-hydrogen) atoms. The third-order valence-electron chi connectivity index (χ3n) is 7.28. The quantitative estimate of drug-likeness (QED) is 0.163. The van der Waals surface area contributed by atoms with Crippen LogP contribution in [0, 0.1) is 17.8 Å². The highest BCUT2D eigenvalue weighted by molar-refractivity contribution is 5.91. The fraction of sp³-hybridized carbons (Fsp3) is 0.853. The summed E-state index contributed by atoms with van der Waals surface area (Å²) in [5, 5.41) is 9.00. The van der Waals surface area contributed by atoms with E-state index in [1.165, 1.54) is 9.80 Å². The zero-order valence-corrected chi connectivity index (χ0v) is 29.9. The molecule has 0 aromatic carbocycles. The number of hydrogen-bond donors (Lipinski definition) is 1. The molecular formula is C34H60N2O9. The van der Waals surface area contributed by atoms with Crippen molar-refractivity contribution in [2.75, 3.05) is 13.1 Å². The number of ketones is 1. The van der Waals surface area contributed by atoms with Gasteiger partial charge in [0, 0.05) is 19.5 Å². The van der Waals surface area contributed by atoms with E-state index in [0.717, 1.165) is 19.3 Å². The highest BCUT2D eigenvalue weighted by Crippen LogP contribution is 2.29. The molecule has 0 unspecified atom stereocenters. The van der Waals surface area contributed by atoms with Crippen LogP contribution in [-0.2, 0) is 28.6 Å². The molecule has 2 amide bonds. The third-order valence-corrected chi connectivity index (χ3v) is 7.28. The molecule has 0 radical (unpaired) electrons. The molecule has 0 spiro atoms. The zero-order valence-electron chi connectivity index (χ0n) is 29.9. The summed E-state index contributed by atoms with van der Waals surface area (Å²) >= 11 is 0. The van der Waals surface area contributed by atoms with Crippen LogP contribution in [0.3, 0.4) is 0 Å². The smallest absolute Gasteiger partial charge is 0.411 e. The summed E-state index contributed by atoms with van der Waals surface area (Å²) in [6.45, 7) is 23.2. The SMILES string of the molecule is CCCCC[C@H](CC(=O)[C@@H]1C[C@@H](C)CN1C(=O)OC(C)(C)C)C(=O)OC(C)(C)C.C[C@@H]1C[C@@H](C(=O)O)N(C(=O)OC(C)(C)C)C1. The molecule has 2 rings (SSSR count). The number of unbranched alkanes of at least 4 members (excludes halogenated alkanes) is 2. The van der Waals surface area contributed by atoms with Crippen LogP contribution in [0.15, 0.2) is 0 Å². The highest BCUT2D eigenvalue weighted by Gasteiger charge is 2.42. The molecule has 0 aromatic heterocycles. The van der Waals surface area contributed by atoms with Gasteiger partial charge in [-0.25, -0.2) is 14.4 Å². The van der Waals surface area contributed by atoms with Crippen LogP contribution in [0.25, 0.3) is 0 Å². The Hall–Kier alpha value is -2.85. The topological polar surface area (TPSA) is 140 Å². The predicted octanol–water partition coefficient (Wildman–Crippen LogP) is 6.85. The molecule has 5 atom stereocenters. The average Bonchev–Trinajstić information content (AvgIpc) is 3.44. The lowest BCUT2D eigenvalue weighted by atomic mass is 9.91. The first-order valence-corrected chi connectivity index (χ1v) is 16.4. The summed E-state index contributed by atoms with van der Waals surface area (Å²) in [6.07, 6.45) is 3.77. The average molecular weight is 641 g/mol. The first-order valence-electron chi connectivity index (χ1n) is 16.4. The maximum atomic E-state index is 13.1. The number of carbonyl (C=O) groups is 5. The molecule has 0 aromatic rings. The van der Waals surface area contributed by atoms with Crippen LogP contribution in [0.5, 0.6) is 0 Å². The van der Waals surface area contributed by atoms with Crippen molar-refractivity contribution in [1.82, 2.24) is 9.80 Å². The molecular weight excluding hydrogens is 580 g/mol. The van der Waals surface area contributed by atoms with Crippen molar-refractivity contribution in [1.29, 1.82) is 0 Å². The molecule has 2 heterocycles. The van der Waals surface area contributed by atoms with Crippen LogP contribution >= 0.6 is 0 Å². The lowest BCUT2D eigenvalue weighted by Crippen LogP contribution is -2.44. The summed E-state index contributed by atoms with van der Waals surface area (Å²) in [5.74, 6) is -1.41. The Morgan fingerprint density at radius 1 is 0.711 bits per heavy atom. The molecule has 2 aliphatic heterocycles. The van der Waals surface area contributed by atoms with Gasteiger partial charge in [-0.05, 0) is 93.4 Å². The van der Waals surface area contributed by atoms with E-state index in [9.17, 15) is 24.0 Å². The van der Waals surface area contributed by atoms with Gasteiger partial charge in [0.05, 0.1) is 12.0 Å². The summed E-state index contributed by atoms with van der Waals surface area (Å²) < 4.78 is 16.2. The first-order chi connectivity index (χ1) is 20.4. The zero-order chi connectivity index (χ0) is 34.9. The molecule has 260 valence electrons. The minimum absolute atomic E-state index is 0.0763. The maximum Gasteiger partial charge on any atom is 0.411 e. The largest absolute Gasteiger partial charge is 0.480 e. The lowest BCUT2D eigenvalue weighted by Gasteiger charge is -2.29. The molecule has 2 aliphatic rings. The van der Waals surface area contributed by atoms with E-state index in [0.29, 0.717) is 32.4 Å². The van der Waals surface area contributed by atoms with E-state index in [-0.39, 0.29) is 30.0 Å². The van der Waals surface area contributed by atoms with Crippen LogP contribution in [0.2, 0.25) is 0 Å². The number of carboxylic acids is 1. The van der Waals surface area contributed by atoms with Gasteiger partial charge in [-0.15, -0.1) is 0 Å². The Balaban J connectivity index is 0.000000532. The number of nitrogens with zero attached hydrogens (tertiary/aromatic N) is 2. The second-order valence-electron chi connectivity index (χ2n) is 15.7. The van der Waals surface area contributed by atoms with Crippen LogP contribution in [0.4, 0.5) is 9.59 Å². The number of hydrogen-bond acceptors (Lipinski definition) is 8. The maximum absolute atomic E-state index is 13.1. The highest BCUT2D eigenvalue weighted by atomic mass is 16.6. The summed E-state index contributed by atoms with van der Waals surface area (Å²) in [7, 11) is 0. The standard InChI is InChI=1S/C23H41NO5.C11H19NO4/c1-9-10-11-12-17(20(26)28-22(3,4)5)14-19(25)18-13-16(2)15-24(18)21(27)29-23(6,7)8;1-7-5-8(9(13)14)12(6-7)10(15)16-11(2,3)4/h16-18H,9-15H2,1-8H3;7-8H,5-6H2,1-4H3,(H,13,14)/t16-,17-,18+;7-,8+/m11/s1. The van der Waals surface area contributed by atoms with Crippen molar-refractivity contribution in [2.45, 2.75) is 157 Å². The Kier molecular flexibility index (Phi) is 14.8. The van der Waals surface area contributed by atoms with Crippen LogP contribution < -0.4 is 0 Å². The summed E-state index contributed by atoms with van der Waals surface area (Å²) in [4.78, 5) is 64.0. The number of likely N-dealkylation sites (tertiary alicyclic amines) is 2. The van der Waals surface area contributed by atoms with Crippen molar-refractivity contribution >= 4 is 29.9 Å². The van der Waals surface area contributed by atoms with Gasteiger partial charge >= 0.3 is 24.1 Å². The summed E-state index contributed by atoms with van der Waals surface area (Å²) in [6, 6.07) is -1.28. The van der Waals surface area contributed by atoms with Crippen molar-refractivity contribution in [3.63, 3.8) is 0 Å². The Bertz CT molecular complexity index is 1020. The number of rotatable bonds is 9. The van der Waals surface area contributed by atoms with Gasteiger partial charge in [-0.1, -0.05) is 40.0 Å². The van der Waals surface area contributed by atoms with Crippen LogP contribution in [0.1, 0.15) is 128 Å². The van der Waals surface area contributed by atoms with Gasteiger partial charge < -0.3 is 19.3 Å². The number of amides is 2. The number of carboxylic acid groups (broad SMARTS) is 1. The Morgan fingerprint density at radius 2 is 1.13 bits per heavy atom. The van der Waals surface area contributed by atoms with Crippen molar-refractivity contribution in [3.8, 4) is 0 Å². The van der Waals surface area contributed by atoms with E-state index in [4.69, 9.17) is 19.3 Å². The number of carbonyl (C=O) groups excluding carboxylic acids is 4. The number of aliphatic carboxylic acids is 1. The molecule has 2 saturated heterocycles. The van der Waals surface area contributed by atoms with Gasteiger partial charge in [0.2, 0.25) is 0 Å². The minimum atomic E-state index is -0.963. The van der Waals surface area contributed by atoms with E-state index in [1.807, 2.05) is 55.4 Å². The lowest BCUT2D eigenvalue weighted by molar-refractivity contribution is -0.161. The van der Waals surface area contributed by atoms with Crippen molar-refractivity contribution < 1.29 is 43.3 Å². The van der Waals surface area contributed by atoms with E-state index >= 15 is 0 Å². The predicted molar refractivity (Wildman–Crippen MR) is 172 cm³/mol. The Labute approximate surface area is 270 Å². The van der Waals surface area contributed by atoms with Gasteiger partial charge in [0.15, 0.2) is 5.78 Å².